The van der Waals surface area contributed by atoms with Crippen LogP contribution in [-0.2, 0) is 24.4 Å². The number of hydrazine groups is 1. The summed E-state index contributed by atoms with van der Waals surface area (Å²) in [6, 6.07) is 18.7. The van der Waals surface area contributed by atoms with Gasteiger partial charge in [0.25, 0.3) is 0 Å². The third-order valence-electron chi connectivity index (χ3n) is 9.84. The van der Waals surface area contributed by atoms with Crippen molar-refractivity contribution in [1.82, 2.24) is 19.5 Å². The number of aromatic nitrogens is 4. The van der Waals surface area contributed by atoms with E-state index in [0.29, 0.717) is 17.2 Å². The zero-order valence-corrected chi connectivity index (χ0v) is 29.9. The first-order valence-corrected chi connectivity index (χ1v) is 19.8. The average molecular weight is 744 g/mol. The lowest BCUT2D eigenvalue weighted by Gasteiger charge is -2.30. The predicted octanol–water partition coefficient (Wildman–Crippen LogP) is 3.71. The Morgan fingerprint density at radius 2 is 1.60 bits per heavy atom. The lowest BCUT2D eigenvalue weighted by atomic mass is 10.0. The number of aliphatic hydroxyl groups excluding tert-OH is 1. The molecule has 1 aliphatic carbocycles. The molecule has 0 radical (unpaired) electrons. The van der Waals surface area contributed by atoms with E-state index in [-0.39, 0.29) is 21.5 Å². The fourth-order valence-corrected chi connectivity index (χ4v) is 9.92. The van der Waals surface area contributed by atoms with Crippen LogP contribution < -0.4 is 16.2 Å². The van der Waals surface area contributed by atoms with Crippen LogP contribution in [0.5, 0.6) is 0 Å². The molecule has 2 aromatic heterocycles. The van der Waals surface area contributed by atoms with Gasteiger partial charge >= 0.3 is 0 Å². The number of benzene rings is 3. The summed E-state index contributed by atoms with van der Waals surface area (Å²) < 4.78 is 63.9. The zero-order valence-electron chi connectivity index (χ0n) is 28.2. The molecule has 0 amide bonds. The number of nitrogens with zero attached hydrogens (tertiary/aromatic N) is 5. The number of ether oxygens (including phenoxy) is 1. The Morgan fingerprint density at radius 1 is 0.942 bits per heavy atom. The minimum absolute atomic E-state index is 0.173. The van der Waals surface area contributed by atoms with Crippen LogP contribution in [-0.4, -0.2) is 69.1 Å². The summed E-state index contributed by atoms with van der Waals surface area (Å²) in [5, 5.41) is 28.8. The Kier molecular flexibility index (Phi) is 8.24. The van der Waals surface area contributed by atoms with Crippen LogP contribution in [0, 0.1) is 13.8 Å². The molecule has 1 saturated heterocycles. The molecule has 1 saturated carbocycles. The summed E-state index contributed by atoms with van der Waals surface area (Å²) >= 11 is 0. The summed E-state index contributed by atoms with van der Waals surface area (Å²) in [7, 11) is -9.40. The van der Waals surface area contributed by atoms with Crippen molar-refractivity contribution in [1.29, 1.82) is 0 Å². The Morgan fingerprint density at radius 3 is 2.27 bits per heavy atom. The van der Waals surface area contributed by atoms with Crippen molar-refractivity contribution in [2.75, 3.05) is 10.3 Å². The van der Waals surface area contributed by atoms with Crippen molar-refractivity contribution in [2.24, 2.45) is 5.84 Å². The van der Waals surface area contributed by atoms with Crippen LogP contribution >= 0.6 is 0 Å². The third kappa shape index (κ3) is 5.66. The van der Waals surface area contributed by atoms with Gasteiger partial charge < -0.3 is 20.3 Å². The van der Waals surface area contributed by atoms with Gasteiger partial charge in [-0.1, -0.05) is 65.7 Å². The molecular weight excluding hydrogens is 707 g/mol. The first-order chi connectivity index (χ1) is 24.8. The number of hydrogen-bond acceptors (Lipinski definition) is 13. The Labute approximate surface area is 300 Å². The molecule has 5 N–H and O–H groups in total. The number of aryl methyl sites for hydroxylation is 2. The summed E-state index contributed by atoms with van der Waals surface area (Å²) in [5.41, 5.74) is 1.33. The summed E-state index contributed by atoms with van der Waals surface area (Å²) in [6.45, 7) is 3.55. The summed E-state index contributed by atoms with van der Waals surface area (Å²) in [4.78, 5) is 10.8. The number of sulfone groups is 2. The number of nitrogens with two attached hydrogens (primary N) is 1. The number of imidazole rings is 1. The second-order valence-electron chi connectivity index (χ2n) is 13.6. The van der Waals surface area contributed by atoms with Gasteiger partial charge in [-0.15, -0.1) is 0 Å². The number of rotatable bonds is 9. The molecule has 16 heteroatoms. The molecule has 5 atom stereocenters. The monoisotopic (exact) mass is 743 g/mol. The molecule has 8 rings (SSSR count). The highest BCUT2D eigenvalue weighted by molar-refractivity contribution is 7.93. The maximum Gasteiger partial charge on any atom is 0.210 e. The summed E-state index contributed by atoms with van der Waals surface area (Å²) in [6.07, 6.45) is 2.90. The standard InChI is InChI=1S/C36H37N7O7S2/c1-21-7-14-25(15-8-21)51(46,47)35(44)31-36(45,52(48,49)26-16-9-22(2)10-17-26)19-29(50-31)42-20-38-30-33(39-24-12-13-24)40-32(41-34(30)42)28-18-11-23-5-3-4-6-27(23)43(28)37/h3-11,14-18,20,24,28-29,31,35,44-45H,12-13,19,37H2,1-2H3,(H,39,40,41)/t28?,29-,31-,35?,36-/m1/s1. The van der Waals surface area contributed by atoms with Crippen LogP contribution in [0.15, 0.2) is 95.0 Å². The maximum atomic E-state index is 14.3. The second-order valence-corrected chi connectivity index (χ2v) is 17.8. The van der Waals surface area contributed by atoms with E-state index in [1.54, 1.807) is 43.1 Å². The molecule has 3 aromatic carbocycles. The minimum Gasteiger partial charge on any atom is -0.374 e. The van der Waals surface area contributed by atoms with E-state index < -0.39 is 54.8 Å². The van der Waals surface area contributed by atoms with Crippen molar-refractivity contribution in [3.8, 4) is 0 Å². The van der Waals surface area contributed by atoms with Crippen molar-refractivity contribution in [3.05, 3.63) is 108 Å². The highest BCUT2D eigenvalue weighted by Crippen LogP contribution is 2.47. The smallest absolute Gasteiger partial charge is 0.210 e. The molecule has 2 unspecified atom stereocenters. The highest BCUT2D eigenvalue weighted by atomic mass is 32.2. The first kappa shape index (κ1) is 34.4. The van der Waals surface area contributed by atoms with Gasteiger partial charge in [0.15, 0.2) is 28.2 Å². The van der Waals surface area contributed by atoms with Crippen LogP contribution in [0.3, 0.4) is 0 Å². The molecule has 2 fully saturated rings. The van der Waals surface area contributed by atoms with Crippen LogP contribution in [0.25, 0.3) is 17.2 Å². The van der Waals surface area contributed by atoms with Crippen molar-refractivity contribution >= 4 is 48.4 Å². The van der Waals surface area contributed by atoms with Gasteiger partial charge in [0.1, 0.15) is 18.4 Å². The van der Waals surface area contributed by atoms with Crippen molar-refractivity contribution in [3.63, 3.8) is 0 Å². The number of fused-ring (bicyclic) bond motifs is 2. The molecular formula is C36H37N7O7S2. The molecule has 2 aliphatic heterocycles. The number of aliphatic hydroxyl groups is 2. The summed E-state index contributed by atoms with van der Waals surface area (Å²) in [5.74, 6) is 7.35. The number of nitrogens with one attached hydrogen (secondary N) is 1. The third-order valence-corrected chi connectivity index (χ3v) is 13.9. The lowest BCUT2D eigenvalue weighted by Crippen LogP contribution is -2.53. The fraction of sp³-hybridized carbons (Fsp3) is 0.306. The number of anilines is 2. The van der Waals surface area contributed by atoms with Crippen molar-refractivity contribution < 1.29 is 31.8 Å². The van der Waals surface area contributed by atoms with E-state index in [4.69, 9.17) is 20.5 Å². The molecule has 14 nitrogen and oxygen atoms in total. The van der Waals surface area contributed by atoms with E-state index in [9.17, 15) is 27.0 Å². The molecule has 3 aliphatic rings. The van der Waals surface area contributed by atoms with Crippen LogP contribution in [0.1, 0.15) is 54.0 Å². The molecule has 5 aromatic rings. The average Bonchev–Trinajstić information content (AvgIpc) is 3.72. The number of para-hydroxylation sites is 1. The van der Waals surface area contributed by atoms with Gasteiger partial charge in [-0.3, -0.25) is 9.58 Å². The Balaban J connectivity index is 1.24. The largest absolute Gasteiger partial charge is 0.374 e. The second kappa shape index (κ2) is 12.5. The SMILES string of the molecule is Cc1ccc(S(=O)(=O)C(O)[C@H]2O[C@@H](n3cnc4c(NC5CC5)nc(C5C=Cc6ccccc6N5N)nc43)C[C@@]2(O)S(=O)(=O)c2ccc(C)cc2)cc1. The molecule has 270 valence electrons. The van der Waals surface area contributed by atoms with E-state index in [0.717, 1.165) is 35.2 Å². The normalized spacial score (nSPS) is 23.9. The molecule has 0 spiro atoms. The predicted molar refractivity (Wildman–Crippen MR) is 193 cm³/mol. The molecule has 52 heavy (non-hydrogen) atoms. The van der Waals surface area contributed by atoms with E-state index in [2.05, 4.69) is 10.3 Å². The van der Waals surface area contributed by atoms with Gasteiger partial charge in [-0.25, -0.2) is 37.6 Å². The Bertz CT molecular complexity index is 2430. The van der Waals surface area contributed by atoms with E-state index in [1.807, 2.05) is 36.4 Å². The Hall–Kier alpha value is -4.71. The zero-order chi connectivity index (χ0) is 36.6. The van der Waals surface area contributed by atoms with Gasteiger partial charge in [0, 0.05) is 12.5 Å². The minimum atomic E-state index is -4.76. The molecule has 4 heterocycles. The van der Waals surface area contributed by atoms with Gasteiger partial charge in [-0.05, 0) is 62.6 Å². The van der Waals surface area contributed by atoms with Crippen LogP contribution in [0.2, 0.25) is 0 Å². The first-order valence-electron chi connectivity index (χ1n) is 16.8. The van der Waals surface area contributed by atoms with Gasteiger partial charge in [0.05, 0.1) is 21.8 Å². The lowest BCUT2D eigenvalue weighted by molar-refractivity contribution is -0.0667. The van der Waals surface area contributed by atoms with E-state index >= 15 is 0 Å². The van der Waals surface area contributed by atoms with Crippen molar-refractivity contribution in [2.45, 2.75) is 77.7 Å². The van der Waals surface area contributed by atoms with Gasteiger partial charge in [-0.2, -0.15) is 0 Å². The molecule has 0 bridgehead atoms. The van der Waals surface area contributed by atoms with Gasteiger partial charge in [0.2, 0.25) is 24.6 Å². The fourth-order valence-electron chi connectivity index (χ4n) is 6.67. The van der Waals surface area contributed by atoms with E-state index in [1.165, 1.54) is 35.2 Å². The maximum absolute atomic E-state index is 14.3. The number of hydrogen-bond donors (Lipinski definition) is 4. The topological polar surface area (TPSA) is 203 Å². The highest BCUT2D eigenvalue weighted by Gasteiger charge is 2.62. The van der Waals surface area contributed by atoms with Crippen LogP contribution in [0.4, 0.5) is 11.5 Å². The quantitative estimate of drug-likeness (QED) is 0.159.